The van der Waals surface area contributed by atoms with Gasteiger partial charge >= 0.3 is 0 Å². The van der Waals surface area contributed by atoms with Gasteiger partial charge in [0.1, 0.15) is 18.1 Å². The van der Waals surface area contributed by atoms with Crippen molar-refractivity contribution >= 4 is 11.8 Å². The molecule has 2 fully saturated rings. The van der Waals surface area contributed by atoms with Gasteiger partial charge in [-0.15, -0.1) is 0 Å². The number of hydrogen-bond acceptors (Lipinski definition) is 6. The monoisotopic (exact) mass is 487 g/mol. The standard InChI is InChI=1S/C26H34FN3O5/c27-24-9-2-1-8-23(24)26(32)29(11-5-10-28-12-16-33-17-13-28)20-25(31)30(18-21-6-3-14-34-21)19-22-7-4-15-35-22/h1-3,6,8-9,14,22H,4-5,7,10-13,15-20H2. The number of nitrogens with zero attached hydrogens (tertiary/aromatic N) is 3. The molecular weight excluding hydrogens is 453 g/mol. The molecule has 1 unspecified atom stereocenters. The fraction of sp³-hybridized carbons (Fsp3) is 0.538. The first-order valence-corrected chi connectivity index (χ1v) is 12.4. The van der Waals surface area contributed by atoms with E-state index in [2.05, 4.69) is 4.90 Å². The number of morpholine rings is 1. The van der Waals surface area contributed by atoms with Crippen LogP contribution in [0.5, 0.6) is 0 Å². The Morgan fingerprint density at radius 3 is 2.60 bits per heavy atom. The molecule has 190 valence electrons. The number of benzene rings is 1. The van der Waals surface area contributed by atoms with E-state index in [1.165, 1.54) is 17.0 Å². The number of halogens is 1. The second-order valence-corrected chi connectivity index (χ2v) is 9.00. The molecular formula is C26H34FN3O5. The molecule has 0 radical (unpaired) electrons. The maximum atomic E-state index is 14.4. The van der Waals surface area contributed by atoms with Gasteiger partial charge in [0.2, 0.25) is 5.91 Å². The molecule has 4 rings (SSSR count). The average Bonchev–Trinajstić information content (AvgIpc) is 3.58. The minimum absolute atomic E-state index is 0.0246. The van der Waals surface area contributed by atoms with Crippen molar-refractivity contribution in [2.24, 2.45) is 0 Å². The van der Waals surface area contributed by atoms with E-state index in [4.69, 9.17) is 13.9 Å². The van der Waals surface area contributed by atoms with Crippen LogP contribution in [0.4, 0.5) is 4.39 Å². The number of carbonyl (C=O) groups excluding carboxylic acids is 2. The number of ether oxygens (including phenoxy) is 2. The molecule has 0 aliphatic carbocycles. The van der Waals surface area contributed by atoms with Crippen LogP contribution in [0, 0.1) is 5.82 Å². The molecule has 0 saturated carbocycles. The Kier molecular flexibility index (Phi) is 9.28. The van der Waals surface area contributed by atoms with Crippen LogP contribution in [-0.4, -0.2) is 91.7 Å². The normalized spacial score (nSPS) is 18.5. The molecule has 9 heteroatoms. The van der Waals surface area contributed by atoms with Crippen molar-refractivity contribution in [2.75, 3.05) is 59.1 Å². The third-order valence-electron chi connectivity index (χ3n) is 6.45. The highest BCUT2D eigenvalue weighted by Crippen LogP contribution is 2.17. The van der Waals surface area contributed by atoms with Gasteiger partial charge in [-0.25, -0.2) is 4.39 Å². The molecule has 2 aliphatic rings. The molecule has 0 bridgehead atoms. The van der Waals surface area contributed by atoms with Gasteiger partial charge in [0.25, 0.3) is 5.91 Å². The van der Waals surface area contributed by atoms with Crippen LogP contribution in [-0.2, 0) is 20.8 Å². The molecule has 2 saturated heterocycles. The molecule has 35 heavy (non-hydrogen) atoms. The van der Waals surface area contributed by atoms with E-state index in [-0.39, 0.29) is 24.1 Å². The fourth-order valence-corrected chi connectivity index (χ4v) is 4.51. The van der Waals surface area contributed by atoms with Gasteiger partial charge in [0.05, 0.1) is 37.7 Å². The second kappa shape index (κ2) is 12.8. The van der Waals surface area contributed by atoms with E-state index in [0.29, 0.717) is 51.6 Å². The highest BCUT2D eigenvalue weighted by atomic mass is 19.1. The summed E-state index contributed by atoms with van der Waals surface area (Å²) in [5, 5.41) is 0. The van der Waals surface area contributed by atoms with Crippen molar-refractivity contribution in [3.05, 3.63) is 59.8 Å². The highest BCUT2D eigenvalue weighted by Gasteiger charge is 2.27. The van der Waals surface area contributed by atoms with Crippen LogP contribution in [0.3, 0.4) is 0 Å². The molecule has 2 aliphatic heterocycles. The number of hydrogen-bond donors (Lipinski definition) is 0. The van der Waals surface area contributed by atoms with Crippen LogP contribution < -0.4 is 0 Å². The lowest BCUT2D eigenvalue weighted by Gasteiger charge is -2.30. The number of carbonyl (C=O) groups is 2. The zero-order valence-electron chi connectivity index (χ0n) is 20.1. The topological polar surface area (TPSA) is 75.5 Å². The second-order valence-electron chi connectivity index (χ2n) is 9.00. The van der Waals surface area contributed by atoms with Crippen molar-refractivity contribution in [1.82, 2.24) is 14.7 Å². The molecule has 0 spiro atoms. The smallest absolute Gasteiger partial charge is 0.257 e. The van der Waals surface area contributed by atoms with Crippen molar-refractivity contribution in [3.8, 4) is 0 Å². The minimum atomic E-state index is -0.588. The van der Waals surface area contributed by atoms with E-state index in [1.807, 2.05) is 6.07 Å². The van der Waals surface area contributed by atoms with Crippen molar-refractivity contribution in [3.63, 3.8) is 0 Å². The lowest BCUT2D eigenvalue weighted by atomic mass is 10.1. The molecule has 2 aromatic rings. The Balaban J connectivity index is 1.45. The number of furan rings is 1. The van der Waals surface area contributed by atoms with Gasteiger partial charge in [-0.3, -0.25) is 14.5 Å². The van der Waals surface area contributed by atoms with Crippen molar-refractivity contribution in [1.29, 1.82) is 0 Å². The van der Waals surface area contributed by atoms with Gasteiger partial charge in [-0.1, -0.05) is 12.1 Å². The first-order valence-electron chi connectivity index (χ1n) is 12.4. The van der Waals surface area contributed by atoms with E-state index in [9.17, 15) is 14.0 Å². The summed E-state index contributed by atoms with van der Waals surface area (Å²) in [7, 11) is 0. The lowest BCUT2D eigenvalue weighted by Crippen LogP contribution is -2.46. The predicted molar refractivity (Wildman–Crippen MR) is 127 cm³/mol. The van der Waals surface area contributed by atoms with Crippen molar-refractivity contribution in [2.45, 2.75) is 31.9 Å². The summed E-state index contributed by atoms with van der Waals surface area (Å²) >= 11 is 0. The summed E-state index contributed by atoms with van der Waals surface area (Å²) in [5.74, 6) is -0.618. The molecule has 8 nitrogen and oxygen atoms in total. The Hall–Kier alpha value is -2.75. The van der Waals surface area contributed by atoms with Crippen molar-refractivity contribution < 1.29 is 27.9 Å². The summed E-state index contributed by atoms with van der Waals surface area (Å²) in [6.07, 6.45) is 4.07. The van der Waals surface area contributed by atoms with Crippen LogP contribution in [0.15, 0.2) is 47.1 Å². The third kappa shape index (κ3) is 7.37. The maximum absolute atomic E-state index is 14.4. The fourth-order valence-electron chi connectivity index (χ4n) is 4.51. The highest BCUT2D eigenvalue weighted by molar-refractivity contribution is 5.96. The quantitative estimate of drug-likeness (QED) is 0.485. The van der Waals surface area contributed by atoms with Crippen LogP contribution >= 0.6 is 0 Å². The molecule has 2 amide bonds. The van der Waals surface area contributed by atoms with Gasteiger partial charge < -0.3 is 23.7 Å². The van der Waals surface area contributed by atoms with Gasteiger partial charge in [-0.05, 0) is 43.5 Å². The van der Waals surface area contributed by atoms with E-state index < -0.39 is 11.7 Å². The molecule has 0 N–H and O–H groups in total. The molecule has 3 heterocycles. The Morgan fingerprint density at radius 2 is 1.89 bits per heavy atom. The van der Waals surface area contributed by atoms with Gasteiger partial charge in [-0.2, -0.15) is 0 Å². The number of rotatable bonds is 11. The van der Waals surface area contributed by atoms with E-state index in [0.717, 1.165) is 32.5 Å². The summed E-state index contributed by atoms with van der Waals surface area (Å²) < 4.78 is 31.1. The SMILES string of the molecule is O=C(CN(CCCN1CCOCC1)C(=O)c1ccccc1F)N(Cc1ccco1)CC1CCCO1. The molecule has 1 atom stereocenters. The van der Waals surface area contributed by atoms with Crippen LogP contribution in [0.2, 0.25) is 0 Å². The molecule has 1 aromatic heterocycles. The van der Waals surface area contributed by atoms with E-state index in [1.54, 1.807) is 29.4 Å². The Morgan fingerprint density at radius 1 is 1.06 bits per heavy atom. The predicted octanol–water partition coefficient (Wildman–Crippen LogP) is 2.79. The maximum Gasteiger partial charge on any atom is 0.257 e. The first-order chi connectivity index (χ1) is 17.1. The first kappa shape index (κ1) is 25.3. The van der Waals surface area contributed by atoms with Gasteiger partial charge in [0, 0.05) is 39.3 Å². The summed E-state index contributed by atoms with van der Waals surface area (Å²) in [5.41, 5.74) is -0.0246. The summed E-state index contributed by atoms with van der Waals surface area (Å²) in [6.45, 7) is 5.49. The van der Waals surface area contributed by atoms with E-state index >= 15 is 0 Å². The lowest BCUT2D eigenvalue weighted by molar-refractivity contribution is -0.134. The molecule has 1 aromatic carbocycles. The number of amides is 2. The van der Waals surface area contributed by atoms with Crippen LogP contribution in [0.25, 0.3) is 0 Å². The van der Waals surface area contributed by atoms with Crippen LogP contribution in [0.1, 0.15) is 35.4 Å². The largest absolute Gasteiger partial charge is 0.467 e. The third-order valence-corrected chi connectivity index (χ3v) is 6.45. The average molecular weight is 488 g/mol. The summed E-state index contributed by atoms with van der Waals surface area (Å²) in [6, 6.07) is 9.51. The summed E-state index contributed by atoms with van der Waals surface area (Å²) in [4.78, 5) is 32.2. The minimum Gasteiger partial charge on any atom is -0.467 e. The van der Waals surface area contributed by atoms with Gasteiger partial charge in [0.15, 0.2) is 0 Å². The zero-order valence-corrected chi connectivity index (χ0v) is 20.1. The zero-order chi connectivity index (χ0) is 24.5. The Labute approximate surface area is 205 Å². The Bertz CT molecular complexity index is 942.